The van der Waals surface area contributed by atoms with Crippen molar-refractivity contribution in [3.05, 3.63) is 6.92 Å². The molecule has 0 aliphatic heterocycles. The number of carbonyl (C=O) groups is 2. The van der Waals surface area contributed by atoms with Crippen LogP contribution in [0.1, 0.15) is 6.42 Å². The highest BCUT2D eigenvalue weighted by Gasteiger charge is 2.38. The van der Waals surface area contributed by atoms with Gasteiger partial charge in [-0.2, -0.15) is 13.2 Å². The van der Waals surface area contributed by atoms with Gasteiger partial charge >= 0.3 is 6.18 Å². The van der Waals surface area contributed by atoms with Crippen LogP contribution in [0.4, 0.5) is 13.2 Å². The molecule has 0 aliphatic rings. The van der Waals surface area contributed by atoms with Gasteiger partial charge in [0.2, 0.25) is 5.78 Å². The van der Waals surface area contributed by atoms with Crippen LogP contribution in [0, 0.1) is 6.92 Å². The number of hydrogen-bond acceptors (Lipinski definition) is 2. The maximum Gasteiger partial charge on any atom is 0.450 e. The molecule has 0 unspecified atom stereocenters. The second-order valence-electron chi connectivity index (χ2n) is 1.64. The Morgan fingerprint density at radius 3 is 1.80 bits per heavy atom. The van der Waals surface area contributed by atoms with Crippen molar-refractivity contribution in [1.29, 1.82) is 0 Å². The normalized spacial score (nSPS) is 11.2. The molecular weight excluding hydrogens is 149 g/mol. The molecule has 0 amide bonds. The third kappa shape index (κ3) is 3.21. The van der Waals surface area contributed by atoms with Crippen LogP contribution < -0.4 is 0 Å². The molecule has 2 nitrogen and oxygen atoms in total. The molecule has 0 aromatic heterocycles. The van der Waals surface area contributed by atoms with Gasteiger partial charge in [0.1, 0.15) is 5.78 Å². The first kappa shape index (κ1) is 9.13. The van der Waals surface area contributed by atoms with Crippen LogP contribution in [0.25, 0.3) is 0 Å². The number of carbonyl (C=O) groups excluding carboxylic acids is 2. The van der Waals surface area contributed by atoms with E-state index in [0.717, 1.165) is 0 Å². The van der Waals surface area contributed by atoms with Crippen LogP contribution in [0.3, 0.4) is 0 Å². The van der Waals surface area contributed by atoms with Crippen LogP contribution >= 0.6 is 0 Å². The van der Waals surface area contributed by atoms with Gasteiger partial charge in [-0.05, 0) is 0 Å². The molecular formula is C5H4F3O2. The molecule has 0 aromatic carbocycles. The van der Waals surface area contributed by atoms with Gasteiger partial charge < -0.3 is 0 Å². The fraction of sp³-hybridized carbons (Fsp3) is 0.400. The highest BCUT2D eigenvalue weighted by atomic mass is 19.4. The van der Waals surface area contributed by atoms with E-state index in [1.165, 1.54) is 0 Å². The number of Topliss-reactive ketones (excluding diaryl/α,β-unsaturated/α-hetero) is 2. The minimum Gasteiger partial charge on any atom is -0.299 e. The zero-order valence-electron chi connectivity index (χ0n) is 4.86. The summed E-state index contributed by atoms with van der Waals surface area (Å²) in [5, 5.41) is 0. The van der Waals surface area contributed by atoms with Crippen molar-refractivity contribution in [2.75, 3.05) is 0 Å². The van der Waals surface area contributed by atoms with Crippen LogP contribution in [0.15, 0.2) is 0 Å². The van der Waals surface area contributed by atoms with Crippen LogP contribution in [0.2, 0.25) is 0 Å². The molecule has 0 aliphatic carbocycles. The molecule has 0 heterocycles. The molecule has 0 saturated carbocycles. The minimum absolute atomic E-state index is 1.03. The van der Waals surface area contributed by atoms with E-state index in [9.17, 15) is 22.8 Å². The summed E-state index contributed by atoms with van der Waals surface area (Å²) in [7, 11) is 0. The summed E-state index contributed by atoms with van der Waals surface area (Å²) in [4.78, 5) is 19.8. The Hall–Kier alpha value is -0.870. The van der Waals surface area contributed by atoms with Crippen molar-refractivity contribution in [3.63, 3.8) is 0 Å². The third-order valence-electron chi connectivity index (χ3n) is 0.674. The van der Waals surface area contributed by atoms with E-state index in [2.05, 4.69) is 6.92 Å². The molecule has 1 radical (unpaired) electrons. The first-order chi connectivity index (χ1) is 4.34. The Morgan fingerprint density at radius 1 is 1.30 bits per heavy atom. The van der Waals surface area contributed by atoms with Gasteiger partial charge in [0, 0.05) is 6.92 Å². The second kappa shape index (κ2) is 2.81. The smallest absolute Gasteiger partial charge is 0.299 e. The monoisotopic (exact) mass is 153 g/mol. The Morgan fingerprint density at radius 2 is 1.70 bits per heavy atom. The lowest BCUT2D eigenvalue weighted by atomic mass is 10.2. The Kier molecular flexibility index (Phi) is 2.56. The SMILES string of the molecule is [CH2]C(=O)CC(=O)C(F)(F)F. The van der Waals surface area contributed by atoms with Crippen molar-refractivity contribution in [2.45, 2.75) is 12.6 Å². The van der Waals surface area contributed by atoms with Gasteiger partial charge in [0.25, 0.3) is 0 Å². The van der Waals surface area contributed by atoms with Crippen LogP contribution in [-0.2, 0) is 9.59 Å². The molecule has 57 valence electrons. The molecule has 0 bridgehead atoms. The van der Waals surface area contributed by atoms with Crippen molar-refractivity contribution in [2.24, 2.45) is 0 Å². The number of alkyl halides is 3. The van der Waals surface area contributed by atoms with E-state index in [1.807, 2.05) is 0 Å². The minimum atomic E-state index is -4.91. The molecule has 0 N–H and O–H groups in total. The highest BCUT2D eigenvalue weighted by Crippen LogP contribution is 2.17. The molecule has 0 rings (SSSR count). The van der Waals surface area contributed by atoms with Gasteiger partial charge in [-0.1, -0.05) is 0 Å². The first-order valence-corrected chi connectivity index (χ1v) is 2.29. The van der Waals surface area contributed by atoms with E-state index in [-0.39, 0.29) is 0 Å². The maximum atomic E-state index is 11.3. The van der Waals surface area contributed by atoms with E-state index < -0.39 is 24.2 Å². The first-order valence-electron chi connectivity index (χ1n) is 2.29. The predicted molar refractivity (Wildman–Crippen MR) is 26.0 cm³/mol. The zero-order chi connectivity index (χ0) is 8.36. The van der Waals surface area contributed by atoms with E-state index in [1.54, 1.807) is 0 Å². The fourth-order valence-corrected chi connectivity index (χ4v) is 0.279. The van der Waals surface area contributed by atoms with Crippen LogP contribution in [-0.4, -0.2) is 17.7 Å². The van der Waals surface area contributed by atoms with Crippen molar-refractivity contribution < 1.29 is 22.8 Å². The summed E-state index contributed by atoms with van der Waals surface area (Å²) < 4.78 is 33.8. The largest absolute Gasteiger partial charge is 0.450 e. The van der Waals surface area contributed by atoms with Crippen LogP contribution in [0.5, 0.6) is 0 Å². The quantitative estimate of drug-likeness (QED) is 0.552. The number of ketones is 2. The lowest BCUT2D eigenvalue weighted by Crippen LogP contribution is -2.24. The lowest BCUT2D eigenvalue weighted by Gasteiger charge is -2.00. The molecule has 10 heavy (non-hydrogen) atoms. The van der Waals surface area contributed by atoms with Gasteiger partial charge in [-0.25, -0.2) is 0 Å². The van der Waals surface area contributed by atoms with Crippen molar-refractivity contribution in [3.8, 4) is 0 Å². The number of hydrogen-bond donors (Lipinski definition) is 0. The Labute approximate surface area is 55.0 Å². The van der Waals surface area contributed by atoms with Gasteiger partial charge in [-0.3, -0.25) is 9.59 Å². The summed E-state index contributed by atoms with van der Waals surface area (Å²) in [6, 6.07) is 0. The van der Waals surface area contributed by atoms with Crippen molar-refractivity contribution >= 4 is 11.6 Å². The summed E-state index contributed by atoms with van der Waals surface area (Å²) in [5.41, 5.74) is 0. The Bertz CT molecular complexity index is 159. The number of rotatable bonds is 2. The molecule has 0 saturated heterocycles. The molecule has 0 atom stereocenters. The van der Waals surface area contributed by atoms with Crippen molar-refractivity contribution in [1.82, 2.24) is 0 Å². The molecule has 5 heteroatoms. The summed E-state index contributed by atoms with van der Waals surface area (Å²) >= 11 is 0. The molecule has 0 fully saturated rings. The zero-order valence-corrected chi connectivity index (χ0v) is 4.86. The highest BCUT2D eigenvalue weighted by molar-refractivity contribution is 6.03. The Balaban J connectivity index is 3.99. The summed E-state index contributed by atoms with van der Waals surface area (Å²) in [5.74, 6) is -3.07. The average Bonchev–Trinajstić information content (AvgIpc) is 1.60. The maximum absolute atomic E-state index is 11.3. The summed E-state index contributed by atoms with van der Waals surface area (Å²) in [6.07, 6.45) is -6.07. The van der Waals surface area contributed by atoms with Gasteiger partial charge in [0.05, 0.1) is 6.42 Å². The number of halogens is 3. The predicted octanol–water partition coefficient (Wildman–Crippen LogP) is 0.911. The summed E-state index contributed by atoms with van der Waals surface area (Å²) in [6.45, 7) is 2.63. The topological polar surface area (TPSA) is 34.1 Å². The van der Waals surface area contributed by atoms with Gasteiger partial charge in [-0.15, -0.1) is 0 Å². The fourth-order valence-electron chi connectivity index (χ4n) is 0.279. The standard InChI is InChI=1S/C5H4F3O2/c1-3(9)2-4(10)5(6,7)8/h1-2H2. The second-order valence-corrected chi connectivity index (χ2v) is 1.64. The molecule has 0 aromatic rings. The average molecular weight is 153 g/mol. The molecule has 0 spiro atoms. The third-order valence-corrected chi connectivity index (χ3v) is 0.674. The lowest BCUT2D eigenvalue weighted by molar-refractivity contribution is -0.171. The van der Waals surface area contributed by atoms with Gasteiger partial charge in [0.15, 0.2) is 0 Å². The van der Waals surface area contributed by atoms with E-state index in [0.29, 0.717) is 0 Å². The van der Waals surface area contributed by atoms with E-state index >= 15 is 0 Å². The van der Waals surface area contributed by atoms with E-state index in [4.69, 9.17) is 0 Å².